The van der Waals surface area contributed by atoms with Crippen molar-refractivity contribution in [2.45, 2.75) is 25.3 Å². The molecule has 1 unspecified atom stereocenters. The summed E-state index contributed by atoms with van der Waals surface area (Å²) in [6.07, 6.45) is 2.55. The minimum Gasteiger partial charge on any atom is -0.374 e. The maximum absolute atomic E-state index is 11.2. The Morgan fingerprint density at radius 3 is 2.50 bits per heavy atom. The lowest BCUT2D eigenvalue weighted by atomic mass is 10.1. The molecular weight excluding hydrogens is 202 g/mol. The first kappa shape index (κ1) is 12.5. The predicted molar refractivity (Wildman–Crippen MR) is 66.0 cm³/mol. The number of rotatable bonds is 7. The number of hydrogen-bond donors (Lipinski definition) is 3. The van der Waals surface area contributed by atoms with Gasteiger partial charge in [0.1, 0.15) is 6.04 Å². The first-order valence-corrected chi connectivity index (χ1v) is 5.55. The third-order valence-electron chi connectivity index (χ3n) is 2.41. The van der Waals surface area contributed by atoms with Crippen molar-refractivity contribution in [1.29, 1.82) is 0 Å². The van der Waals surface area contributed by atoms with Crippen LogP contribution in [0.4, 0.5) is 5.69 Å². The second-order valence-electron chi connectivity index (χ2n) is 3.75. The summed E-state index contributed by atoms with van der Waals surface area (Å²) >= 11 is 0. The van der Waals surface area contributed by atoms with E-state index in [0.29, 0.717) is 6.54 Å². The summed E-state index contributed by atoms with van der Waals surface area (Å²) in [6.45, 7) is 0.650. The van der Waals surface area contributed by atoms with Gasteiger partial charge in [-0.25, -0.2) is 0 Å². The van der Waals surface area contributed by atoms with Crippen LogP contribution in [0.1, 0.15) is 19.3 Å². The number of primary amides is 1. The van der Waals surface area contributed by atoms with Crippen LogP contribution in [0, 0.1) is 0 Å². The van der Waals surface area contributed by atoms with Gasteiger partial charge in [0.2, 0.25) is 5.91 Å². The Bertz CT molecular complexity index is 313. The van der Waals surface area contributed by atoms with E-state index in [1.165, 1.54) is 0 Å². The molecule has 1 aromatic rings. The third-order valence-corrected chi connectivity index (χ3v) is 2.41. The number of amides is 1. The molecule has 0 saturated heterocycles. The van der Waals surface area contributed by atoms with E-state index in [4.69, 9.17) is 11.5 Å². The molecule has 4 heteroatoms. The van der Waals surface area contributed by atoms with Gasteiger partial charge < -0.3 is 16.8 Å². The Kier molecular flexibility index (Phi) is 5.36. The molecule has 16 heavy (non-hydrogen) atoms. The predicted octanol–water partition coefficient (Wildman–Crippen LogP) is 1.08. The zero-order chi connectivity index (χ0) is 11.8. The number of unbranched alkanes of at least 4 members (excludes halogenated alkanes) is 1. The van der Waals surface area contributed by atoms with Crippen LogP contribution in [0.15, 0.2) is 30.3 Å². The fourth-order valence-electron chi connectivity index (χ4n) is 1.51. The normalized spacial score (nSPS) is 12.1. The standard InChI is InChI=1S/C12H19N3O/c13-9-5-4-8-11(12(14)16)15-10-6-2-1-3-7-10/h1-3,6-7,11,15H,4-5,8-9,13H2,(H2,14,16). The molecule has 5 N–H and O–H groups in total. The number of para-hydroxylation sites is 1. The summed E-state index contributed by atoms with van der Waals surface area (Å²) < 4.78 is 0. The van der Waals surface area contributed by atoms with E-state index >= 15 is 0 Å². The van der Waals surface area contributed by atoms with E-state index in [2.05, 4.69) is 5.32 Å². The number of nitrogens with two attached hydrogens (primary N) is 2. The second-order valence-corrected chi connectivity index (χ2v) is 3.75. The highest BCUT2D eigenvalue weighted by Crippen LogP contribution is 2.10. The van der Waals surface area contributed by atoms with Crippen LogP contribution in [-0.4, -0.2) is 18.5 Å². The first-order chi connectivity index (χ1) is 7.74. The van der Waals surface area contributed by atoms with Crippen molar-refractivity contribution in [3.05, 3.63) is 30.3 Å². The summed E-state index contributed by atoms with van der Waals surface area (Å²) in [7, 11) is 0. The number of carbonyl (C=O) groups excluding carboxylic acids is 1. The number of nitrogens with one attached hydrogen (secondary N) is 1. The molecule has 0 aliphatic rings. The SMILES string of the molecule is NCCCCC(Nc1ccccc1)C(N)=O. The molecule has 0 saturated carbocycles. The molecule has 0 aliphatic heterocycles. The Morgan fingerprint density at radius 1 is 1.25 bits per heavy atom. The Morgan fingerprint density at radius 2 is 1.94 bits per heavy atom. The summed E-state index contributed by atoms with van der Waals surface area (Å²) in [5.41, 5.74) is 11.7. The summed E-state index contributed by atoms with van der Waals surface area (Å²) in [6, 6.07) is 9.28. The second kappa shape index (κ2) is 6.85. The van der Waals surface area contributed by atoms with Crippen molar-refractivity contribution in [2.24, 2.45) is 11.5 Å². The van der Waals surface area contributed by atoms with Gasteiger partial charge in [-0.15, -0.1) is 0 Å². The van der Waals surface area contributed by atoms with Crippen molar-refractivity contribution < 1.29 is 4.79 Å². The molecule has 1 amide bonds. The fraction of sp³-hybridized carbons (Fsp3) is 0.417. The van der Waals surface area contributed by atoms with Gasteiger partial charge >= 0.3 is 0 Å². The molecule has 88 valence electrons. The number of benzene rings is 1. The summed E-state index contributed by atoms with van der Waals surface area (Å²) in [4.78, 5) is 11.2. The summed E-state index contributed by atoms with van der Waals surface area (Å²) in [5, 5.41) is 3.12. The van der Waals surface area contributed by atoms with Gasteiger partial charge in [0.05, 0.1) is 0 Å². The monoisotopic (exact) mass is 221 g/mol. The van der Waals surface area contributed by atoms with E-state index in [9.17, 15) is 4.79 Å². The van der Waals surface area contributed by atoms with Gasteiger partial charge in [-0.2, -0.15) is 0 Å². The topological polar surface area (TPSA) is 81.1 Å². The zero-order valence-electron chi connectivity index (χ0n) is 9.36. The largest absolute Gasteiger partial charge is 0.374 e. The van der Waals surface area contributed by atoms with Crippen LogP contribution in [0.5, 0.6) is 0 Å². The van der Waals surface area contributed by atoms with Crippen LogP contribution in [-0.2, 0) is 4.79 Å². The minimum absolute atomic E-state index is 0.311. The van der Waals surface area contributed by atoms with Crippen LogP contribution in [0.3, 0.4) is 0 Å². The van der Waals surface area contributed by atoms with Gasteiger partial charge in [-0.05, 0) is 37.9 Å². The van der Waals surface area contributed by atoms with Crippen LogP contribution in [0.2, 0.25) is 0 Å². The highest BCUT2D eigenvalue weighted by Gasteiger charge is 2.13. The average Bonchev–Trinajstić information content (AvgIpc) is 2.29. The quantitative estimate of drug-likeness (QED) is 0.603. The number of anilines is 1. The molecule has 1 atom stereocenters. The van der Waals surface area contributed by atoms with Crippen LogP contribution >= 0.6 is 0 Å². The lowest BCUT2D eigenvalue weighted by Gasteiger charge is -2.16. The fourth-order valence-corrected chi connectivity index (χ4v) is 1.51. The van der Waals surface area contributed by atoms with Crippen molar-refractivity contribution in [1.82, 2.24) is 0 Å². The minimum atomic E-state index is -0.319. The molecule has 0 radical (unpaired) electrons. The highest BCUT2D eigenvalue weighted by atomic mass is 16.1. The highest BCUT2D eigenvalue weighted by molar-refractivity contribution is 5.82. The molecule has 0 heterocycles. The maximum Gasteiger partial charge on any atom is 0.239 e. The van der Waals surface area contributed by atoms with Crippen LogP contribution < -0.4 is 16.8 Å². The molecule has 1 rings (SSSR count). The Labute approximate surface area is 96.0 Å². The van der Waals surface area contributed by atoms with Gasteiger partial charge in [-0.1, -0.05) is 18.2 Å². The van der Waals surface area contributed by atoms with Crippen molar-refractivity contribution >= 4 is 11.6 Å². The van der Waals surface area contributed by atoms with E-state index in [1.54, 1.807) is 0 Å². The Balaban J connectivity index is 2.48. The van der Waals surface area contributed by atoms with Crippen molar-refractivity contribution in [2.75, 3.05) is 11.9 Å². The van der Waals surface area contributed by atoms with E-state index in [1.807, 2.05) is 30.3 Å². The molecular formula is C12H19N3O. The smallest absolute Gasteiger partial charge is 0.239 e. The molecule has 0 aliphatic carbocycles. The van der Waals surface area contributed by atoms with Crippen molar-refractivity contribution in [3.63, 3.8) is 0 Å². The third kappa shape index (κ3) is 4.31. The van der Waals surface area contributed by atoms with Gasteiger partial charge in [0, 0.05) is 5.69 Å². The van der Waals surface area contributed by atoms with Gasteiger partial charge in [0.25, 0.3) is 0 Å². The van der Waals surface area contributed by atoms with Crippen molar-refractivity contribution in [3.8, 4) is 0 Å². The maximum atomic E-state index is 11.2. The van der Waals surface area contributed by atoms with Gasteiger partial charge in [0.15, 0.2) is 0 Å². The first-order valence-electron chi connectivity index (χ1n) is 5.55. The molecule has 0 bridgehead atoms. The zero-order valence-corrected chi connectivity index (χ0v) is 9.36. The van der Waals surface area contributed by atoms with Gasteiger partial charge in [-0.3, -0.25) is 4.79 Å². The lowest BCUT2D eigenvalue weighted by molar-refractivity contribution is -0.118. The van der Waals surface area contributed by atoms with Crippen LogP contribution in [0.25, 0.3) is 0 Å². The average molecular weight is 221 g/mol. The molecule has 0 aromatic heterocycles. The number of hydrogen-bond acceptors (Lipinski definition) is 3. The number of carbonyl (C=O) groups is 1. The molecule has 4 nitrogen and oxygen atoms in total. The van der Waals surface area contributed by atoms with E-state index in [0.717, 1.165) is 24.9 Å². The van der Waals surface area contributed by atoms with E-state index < -0.39 is 0 Å². The molecule has 0 fully saturated rings. The lowest BCUT2D eigenvalue weighted by Crippen LogP contribution is -2.35. The van der Waals surface area contributed by atoms with E-state index in [-0.39, 0.29) is 11.9 Å². The summed E-state index contributed by atoms with van der Waals surface area (Å²) in [5.74, 6) is -0.319. The Hall–Kier alpha value is -1.55. The molecule has 0 spiro atoms. The molecule has 1 aromatic carbocycles.